The first-order valence-corrected chi connectivity index (χ1v) is 7.67. The molecule has 0 spiro atoms. The number of amides is 2. The maximum Gasteiger partial charge on any atom is 0.320 e. The molecule has 2 fully saturated rings. The van der Waals surface area contributed by atoms with Crippen molar-refractivity contribution in [1.29, 1.82) is 0 Å². The van der Waals surface area contributed by atoms with Gasteiger partial charge in [0.05, 0.1) is 18.1 Å². The van der Waals surface area contributed by atoms with Gasteiger partial charge in [-0.3, -0.25) is 4.79 Å². The molecule has 0 radical (unpaired) electrons. The molecule has 1 N–H and O–H groups in total. The Morgan fingerprint density at radius 2 is 2.05 bits per heavy atom. The average molecular weight is 298 g/mol. The van der Waals surface area contributed by atoms with E-state index in [1.165, 1.54) is 0 Å². The summed E-state index contributed by atoms with van der Waals surface area (Å²) in [6, 6.07) is 0.141. The van der Waals surface area contributed by atoms with Crippen molar-refractivity contribution < 1.29 is 19.4 Å². The Balaban J connectivity index is 2.00. The van der Waals surface area contributed by atoms with Crippen LogP contribution in [-0.2, 0) is 9.53 Å². The van der Waals surface area contributed by atoms with Crippen molar-refractivity contribution >= 4 is 12.0 Å². The fraction of sp³-hybridized carbons (Fsp3) is 0.867. The van der Waals surface area contributed by atoms with Crippen LogP contribution in [0.3, 0.4) is 0 Å². The van der Waals surface area contributed by atoms with Crippen LogP contribution in [0.15, 0.2) is 0 Å². The molecular formula is C15H26N2O4. The Kier molecular flexibility index (Phi) is 4.76. The topological polar surface area (TPSA) is 70.1 Å². The molecular weight excluding hydrogens is 272 g/mol. The molecule has 21 heavy (non-hydrogen) atoms. The van der Waals surface area contributed by atoms with Gasteiger partial charge >= 0.3 is 12.0 Å². The molecule has 0 aromatic heterocycles. The number of hydrogen-bond acceptors (Lipinski definition) is 3. The molecule has 2 aliphatic rings. The monoisotopic (exact) mass is 298 g/mol. The number of aliphatic carboxylic acids is 1. The van der Waals surface area contributed by atoms with Gasteiger partial charge in [-0.15, -0.1) is 0 Å². The maximum absolute atomic E-state index is 12.6. The van der Waals surface area contributed by atoms with Crippen LogP contribution < -0.4 is 0 Å². The summed E-state index contributed by atoms with van der Waals surface area (Å²) < 4.78 is 5.33. The van der Waals surface area contributed by atoms with Crippen LogP contribution >= 0.6 is 0 Å². The molecule has 0 aliphatic carbocycles. The minimum atomic E-state index is -0.798. The van der Waals surface area contributed by atoms with Gasteiger partial charge in [0.15, 0.2) is 0 Å². The van der Waals surface area contributed by atoms with Gasteiger partial charge in [0.2, 0.25) is 0 Å². The van der Waals surface area contributed by atoms with Gasteiger partial charge in [-0.1, -0.05) is 0 Å². The normalized spacial score (nSPS) is 26.7. The van der Waals surface area contributed by atoms with Gasteiger partial charge in [-0.25, -0.2) is 4.79 Å². The summed E-state index contributed by atoms with van der Waals surface area (Å²) in [6.07, 6.45) is 2.60. The van der Waals surface area contributed by atoms with Crippen molar-refractivity contribution in [3.8, 4) is 0 Å². The lowest BCUT2D eigenvalue weighted by Gasteiger charge is -2.41. The van der Waals surface area contributed by atoms with E-state index in [0.29, 0.717) is 26.3 Å². The molecule has 2 unspecified atom stereocenters. The second kappa shape index (κ2) is 6.22. The van der Waals surface area contributed by atoms with E-state index in [0.717, 1.165) is 19.3 Å². The number of carboxylic acids is 1. The van der Waals surface area contributed by atoms with Crippen LogP contribution in [0.4, 0.5) is 4.79 Å². The number of rotatable bonds is 3. The molecule has 0 aromatic rings. The highest BCUT2D eigenvalue weighted by Crippen LogP contribution is 2.34. The van der Waals surface area contributed by atoms with Gasteiger partial charge in [-0.05, 0) is 39.0 Å². The molecule has 120 valence electrons. The van der Waals surface area contributed by atoms with Gasteiger partial charge in [0, 0.05) is 26.7 Å². The van der Waals surface area contributed by atoms with E-state index in [2.05, 4.69) is 0 Å². The second-order valence-corrected chi connectivity index (χ2v) is 6.72. The fourth-order valence-corrected chi connectivity index (χ4v) is 3.12. The Labute approximate surface area is 126 Å². The number of likely N-dealkylation sites (tertiary alicyclic amines) is 1. The highest BCUT2D eigenvalue weighted by atomic mass is 16.5. The summed E-state index contributed by atoms with van der Waals surface area (Å²) in [5, 5.41) is 9.37. The minimum Gasteiger partial charge on any atom is -0.481 e. The van der Waals surface area contributed by atoms with Crippen molar-refractivity contribution in [3.05, 3.63) is 0 Å². The van der Waals surface area contributed by atoms with E-state index in [1.807, 2.05) is 7.05 Å². The van der Waals surface area contributed by atoms with Gasteiger partial charge < -0.3 is 19.6 Å². The summed E-state index contributed by atoms with van der Waals surface area (Å²) in [5.74, 6) is -0.791. The fourth-order valence-electron chi connectivity index (χ4n) is 3.12. The number of ether oxygens (including phenoxy) is 1. The molecule has 6 nitrogen and oxygen atoms in total. The first-order chi connectivity index (χ1) is 9.84. The van der Waals surface area contributed by atoms with E-state index < -0.39 is 11.4 Å². The van der Waals surface area contributed by atoms with Crippen LogP contribution in [0, 0.1) is 11.3 Å². The van der Waals surface area contributed by atoms with E-state index >= 15 is 0 Å². The lowest BCUT2D eigenvalue weighted by molar-refractivity contribution is -0.151. The van der Waals surface area contributed by atoms with Crippen LogP contribution in [0.5, 0.6) is 0 Å². The molecule has 2 aliphatic heterocycles. The van der Waals surface area contributed by atoms with Crippen LogP contribution in [-0.4, -0.2) is 66.3 Å². The quantitative estimate of drug-likeness (QED) is 0.860. The number of likely N-dealkylation sites (N-methyl/N-ethyl adjacent to an activating group) is 1. The lowest BCUT2D eigenvalue weighted by Crippen LogP contribution is -2.52. The SMILES string of the molecule is CN(C(=O)N1CCCC(C(C)(C)C(=O)O)C1)C1CCOC1. The first kappa shape index (κ1) is 16.1. The maximum atomic E-state index is 12.6. The Hall–Kier alpha value is -1.30. The van der Waals surface area contributed by atoms with Gasteiger partial charge in [0.25, 0.3) is 0 Å². The Morgan fingerprint density at radius 3 is 2.62 bits per heavy atom. The first-order valence-electron chi connectivity index (χ1n) is 7.67. The number of carbonyl (C=O) groups is 2. The number of carbonyl (C=O) groups excluding carboxylic acids is 1. The molecule has 2 rings (SSSR count). The predicted molar refractivity (Wildman–Crippen MR) is 78.1 cm³/mol. The third-order valence-corrected chi connectivity index (χ3v) is 5.02. The second-order valence-electron chi connectivity index (χ2n) is 6.72. The van der Waals surface area contributed by atoms with E-state index in [1.54, 1.807) is 23.6 Å². The van der Waals surface area contributed by atoms with Crippen LogP contribution in [0.25, 0.3) is 0 Å². The number of carboxylic acid groups (broad SMARTS) is 1. The van der Waals surface area contributed by atoms with Crippen molar-refractivity contribution in [2.75, 3.05) is 33.4 Å². The summed E-state index contributed by atoms with van der Waals surface area (Å²) in [6.45, 7) is 6.04. The Morgan fingerprint density at radius 1 is 1.33 bits per heavy atom. The molecule has 2 amide bonds. The van der Waals surface area contributed by atoms with E-state index in [9.17, 15) is 14.7 Å². The molecule has 2 saturated heterocycles. The molecule has 0 aromatic carbocycles. The number of hydrogen-bond donors (Lipinski definition) is 1. The van der Waals surface area contributed by atoms with Crippen LogP contribution in [0.1, 0.15) is 33.1 Å². The summed E-state index contributed by atoms with van der Waals surface area (Å²) >= 11 is 0. The Bertz CT molecular complexity index is 404. The smallest absolute Gasteiger partial charge is 0.320 e. The minimum absolute atomic E-state index is 0.000859. The standard InChI is InChI=1S/C15H26N2O4/c1-15(2,13(18)19)11-5-4-7-17(9-11)14(20)16(3)12-6-8-21-10-12/h11-12H,4-10H2,1-3H3,(H,18,19). The van der Waals surface area contributed by atoms with Gasteiger partial charge in [-0.2, -0.15) is 0 Å². The molecule has 2 heterocycles. The van der Waals surface area contributed by atoms with Crippen LogP contribution in [0.2, 0.25) is 0 Å². The van der Waals surface area contributed by atoms with Crippen molar-refractivity contribution in [2.45, 2.75) is 39.2 Å². The van der Waals surface area contributed by atoms with Crippen molar-refractivity contribution in [2.24, 2.45) is 11.3 Å². The number of nitrogens with zero attached hydrogens (tertiary/aromatic N) is 2. The third kappa shape index (κ3) is 3.31. The third-order valence-electron chi connectivity index (χ3n) is 5.02. The van der Waals surface area contributed by atoms with Crippen molar-refractivity contribution in [3.63, 3.8) is 0 Å². The zero-order valence-corrected chi connectivity index (χ0v) is 13.2. The lowest BCUT2D eigenvalue weighted by atomic mass is 9.74. The number of piperidine rings is 1. The summed E-state index contributed by atoms with van der Waals surface area (Å²) in [5.41, 5.74) is -0.798. The summed E-state index contributed by atoms with van der Waals surface area (Å²) in [7, 11) is 1.81. The number of urea groups is 1. The average Bonchev–Trinajstić information content (AvgIpc) is 2.99. The molecule has 6 heteroatoms. The highest BCUT2D eigenvalue weighted by molar-refractivity contribution is 5.76. The summed E-state index contributed by atoms with van der Waals surface area (Å²) in [4.78, 5) is 27.5. The molecule has 0 bridgehead atoms. The zero-order valence-electron chi connectivity index (χ0n) is 13.2. The van der Waals surface area contributed by atoms with E-state index in [4.69, 9.17) is 4.74 Å². The molecule has 2 atom stereocenters. The van der Waals surface area contributed by atoms with Crippen molar-refractivity contribution in [1.82, 2.24) is 9.80 Å². The van der Waals surface area contributed by atoms with Gasteiger partial charge in [0.1, 0.15) is 0 Å². The molecule has 0 saturated carbocycles. The largest absolute Gasteiger partial charge is 0.481 e. The predicted octanol–water partition coefficient (Wildman–Crippen LogP) is 1.65. The highest BCUT2D eigenvalue weighted by Gasteiger charge is 2.41. The zero-order chi connectivity index (χ0) is 15.6. The van der Waals surface area contributed by atoms with E-state index in [-0.39, 0.29) is 18.0 Å².